The molecule has 0 amide bonds. The Hall–Kier alpha value is -3.93. The summed E-state index contributed by atoms with van der Waals surface area (Å²) in [6.07, 6.45) is 0.746. The van der Waals surface area contributed by atoms with Gasteiger partial charge in [-0.3, -0.25) is 0 Å². The summed E-state index contributed by atoms with van der Waals surface area (Å²) in [6.45, 7) is 5.99. The number of nitrogens with zero attached hydrogens (tertiary/aromatic N) is 2. The molecule has 2 N–H and O–H groups in total. The van der Waals surface area contributed by atoms with Gasteiger partial charge in [0.1, 0.15) is 11.6 Å². The first kappa shape index (κ1) is 21.3. The van der Waals surface area contributed by atoms with Gasteiger partial charge in [0.2, 0.25) is 0 Å². The standard InChI is InChI=1S/C26H24FN3O2/c1-4-18-7-12-22(21(14-18)26(31)32)28-25-15-23(19-8-10-20(27)11-9-19)29-30(25)24-13-16(2)5-6-17(24)3/h5-15,28H,4H2,1-3H3,(H,31,32). The number of anilines is 2. The number of hydrogen-bond donors (Lipinski definition) is 2. The summed E-state index contributed by atoms with van der Waals surface area (Å²) in [5.74, 6) is -0.702. The van der Waals surface area contributed by atoms with Gasteiger partial charge in [-0.1, -0.05) is 25.1 Å². The van der Waals surface area contributed by atoms with Crippen molar-refractivity contribution in [3.05, 3.63) is 94.8 Å². The van der Waals surface area contributed by atoms with Crippen LogP contribution in [0, 0.1) is 19.7 Å². The molecule has 4 rings (SSSR count). The fraction of sp³-hybridized carbons (Fsp3) is 0.154. The van der Waals surface area contributed by atoms with Crippen LogP contribution in [0.3, 0.4) is 0 Å². The number of hydrogen-bond acceptors (Lipinski definition) is 3. The van der Waals surface area contributed by atoms with Crippen LogP contribution in [-0.2, 0) is 6.42 Å². The van der Waals surface area contributed by atoms with E-state index in [1.165, 1.54) is 12.1 Å². The predicted molar refractivity (Wildman–Crippen MR) is 124 cm³/mol. The molecule has 1 aromatic heterocycles. The number of benzene rings is 3. The minimum Gasteiger partial charge on any atom is -0.478 e. The van der Waals surface area contributed by atoms with Crippen LogP contribution in [-0.4, -0.2) is 20.9 Å². The Balaban J connectivity index is 1.86. The van der Waals surface area contributed by atoms with E-state index in [1.807, 2.05) is 51.1 Å². The Morgan fingerprint density at radius 1 is 1.03 bits per heavy atom. The van der Waals surface area contributed by atoms with Gasteiger partial charge in [0.05, 0.1) is 22.6 Å². The van der Waals surface area contributed by atoms with Gasteiger partial charge < -0.3 is 10.4 Å². The second kappa shape index (κ2) is 8.67. The molecule has 0 radical (unpaired) electrons. The first-order chi connectivity index (χ1) is 15.4. The molecular weight excluding hydrogens is 405 g/mol. The number of halogens is 1. The lowest BCUT2D eigenvalue weighted by atomic mass is 10.1. The SMILES string of the molecule is CCc1ccc(Nc2cc(-c3ccc(F)cc3)nn2-c2cc(C)ccc2C)c(C(=O)O)c1. The van der Waals surface area contributed by atoms with Crippen molar-refractivity contribution >= 4 is 17.5 Å². The molecule has 162 valence electrons. The zero-order valence-electron chi connectivity index (χ0n) is 18.2. The molecule has 0 saturated heterocycles. The third-order valence-corrected chi connectivity index (χ3v) is 5.43. The van der Waals surface area contributed by atoms with Gasteiger partial charge in [-0.25, -0.2) is 13.9 Å². The Labute approximate surface area is 186 Å². The highest BCUT2D eigenvalue weighted by Crippen LogP contribution is 2.30. The van der Waals surface area contributed by atoms with Crippen LogP contribution < -0.4 is 5.32 Å². The summed E-state index contributed by atoms with van der Waals surface area (Å²) in [5.41, 5.74) is 6.01. The number of nitrogens with one attached hydrogen (secondary N) is 1. The predicted octanol–water partition coefficient (Wildman–Crippen LogP) is 6.30. The first-order valence-corrected chi connectivity index (χ1v) is 10.4. The fourth-order valence-electron chi connectivity index (χ4n) is 3.60. The maximum absolute atomic E-state index is 13.4. The van der Waals surface area contributed by atoms with E-state index in [2.05, 4.69) is 5.32 Å². The van der Waals surface area contributed by atoms with E-state index in [-0.39, 0.29) is 11.4 Å². The van der Waals surface area contributed by atoms with E-state index in [1.54, 1.807) is 28.9 Å². The third kappa shape index (κ3) is 4.25. The zero-order chi connectivity index (χ0) is 22.8. The minimum absolute atomic E-state index is 0.196. The molecule has 0 bridgehead atoms. The summed E-state index contributed by atoms with van der Waals surface area (Å²) in [4.78, 5) is 11.9. The molecule has 0 fully saturated rings. The van der Waals surface area contributed by atoms with Gasteiger partial charge in [0.15, 0.2) is 0 Å². The Bertz CT molecular complexity index is 1290. The number of aromatic carboxylic acids is 1. The smallest absolute Gasteiger partial charge is 0.337 e. The van der Waals surface area contributed by atoms with Crippen LogP contribution in [0.2, 0.25) is 0 Å². The maximum Gasteiger partial charge on any atom is 0.337 e. The van der Waals surface area contributed by atoms with Crippen molar-refractivity contribution < 1.29 is 14.3 Å². The second-order valence-electron chi connectivity index (χ2n) is 7.79. The lowest BCUT2D eigenvalue weighted by molar-refractivity contribution is 0.0698. The summed E-state index contributed by atoms with van der Waals surface area (Å²) >= 11 is 0. The Kier molecular flexibility index (Phi) is 5.77. The number of rotatable bonds is 6. The summed E-state index contributed by atoms with van der Waals surface area (Å²) in [7, 11) is 0. The van der Waals surface area contributed by atoms with E-state index in [9.17, 15) is 14.3 Å². The van der Waals surface area contributed by atoms with Crippen LogP contribution in [0.25, 0.3) is 16.9 Å². The normalized spacial score (nSPS) is 10.9. The molecule has 3 aromatic carbocycles. The van der Waals surface area contributed by atoms with Gasteiger partial charge in [-0.2, -0.15) is 5.10 Å². The lowest BCUT2D eigenvalue weighted by Crippen LogP contribution is -2.08. The molecule has 0 atom stereocenters. The van der Waals surface area contributed by atoms with Crippen molar-refractivity contribution in [1.82, 2.24) is 9.78 Å². The van der Waals surface area contributed by atoms with E-state index in [4.69, 9.17) is 5.10 Å². The number of carbonyl (C=O) groups is 1. The molecule has 0 aliphatic carbocycles. The highest BCUT2D eigenvalue weighted by atomic mass is 19.1. The average Bonchev–Trinajstić information content (AvgIpc) is 3.19. The van der Waals surface area contributed by atoms with E-state index in [0.717, 1.165) is 34.4 Å². The van der Waals surface area contributed by atoms with Crippen LogP contribution in [0.15, 0.2) is 66.7 Å². The first-order valence-electron chi connectivity index (χ1n) is 10.4. The lowest BCUT2D eigenvalue weighted by Gasteiger charge is -2.14. The van der Waals surface area contributed by atoms with Crippen molar-refractivity contribution in [1.29, 1.82) is 0 Å². The summed E-state index contributed by atoms with van der Waals surface area (Å²) < 4.78 is 15.2. The molecule has 0 saturated carbocycles. The van der Waals surface area contributed by atoms with E-state index >= 15 is 0 Å². The topological polar surface area (TPSA) is 67.2 Å². The minimum atomic E-state index is -1.00. The Morgan fingerprint density at radius 2 is 1.78 bits per heavy atom. The van der Waals surface area contributed by atoms with E-state index < -0.39 is 5.97 Å². The van der Waals surface area contributed by atoms with Gasteiger partial charge in [-0.05, 0) is 79.4 Å². The monoisotopic (exact) mass is 429 g/mol. The van der Waals surface area contributed by atoms with Gasteiger partial charge in [0.25, 0.3) is 0 Å². The van der Waals surface area contributed by atoms with Gasteiger partial charge in [0, 0.05) is 11.6 Å². The molecule has 6 heteroatoms. The summed E-state index contributed by atoms with van der Waals surface area (Å²) in [5, 5.41) is 17.8. The van der Waals surface area contributed by atoms with Gasteiger partial charge in [-0.15, -0.1) is 0 Å². The average molecular weight is 429 g/mol. The zero-order valence-corrected chi connectivity index (χ0v) is 18.2. The van der Waals surface area contributed by atoms with Crippen molar-refractivity contribution in [2.24, 2.45) is 0 Å². The number of carboxylic acid groups (broad SMARTS) is 1. The quantitative estimate of drug-likeness (QED) is 0.377. The maximum atomic E-state index is 13.4. The van der Waals surface area contributed by atoms with Crippen molar-refractivity contribution in [2.75, 3.05) is 5.32 Å². The van der Waals surface area contributed by atoms with Crippen molar-refractivity contribution in [2.45, 2.75) is 27.2 Å². The molecule has 1 heterocycles. The largest absolute Gasteiger partial charge is 0.478 e. The molecule has 0 spiro atoms. The second-order valence-corrected chi connectivity index (χ2v) is 7.79. The van der Waals surface area contributed by atoms with Gasteiger partial charge >= 0.3 is 5.97 Å². The number of aryl methyl sites for hydroxylation is 3. The van der Waals surface area contributed by atoms with Crippen molar-refractivity contribution in [3.63, 3.8) is 0 Å². The summed E-state index contributed by atoms with van der Waals surface area (Å²) in [6, 6.07) is 19.4. The highest BCUT2D eigenvalue weighted by molar-refractivity contribution is 5.95. The number of aromatic nitrogens is 2. The molecule has 32 heavy (non-hydrogen) atoms. The number of carboxylic acids is 1. The van der Waals surface area contributed by atoms with Crippen LogP contribution >= 0.6 is 0 Å². The van der Waals surface area contributed by atoms with Crippen molar-refractivity contribution in [3.8, 4) is 16.9 Å². The third-order valence-electron chi connectivity index (χ3n) is 5.43. The van der Waals surface area contributed by atoms with Crippen LogP contribution in [0.4, 0.5) is 15.9 Å². The fourth-order valence-corrected chi connectivity index (χ4v) is 3.60. The van der Waals surface area contributed by atoms with E-state index in [0.29, 0.717) is 17.2 Å². The molecular formula is C26H24FN3O2. The van der Waals surface area contributed by atoms with Crippen LogP contribution in [0.5, 0.6) is 0 Å². The molecule has 0 aliphatic heterocycles. The molecule has 5 nitrogen and oxygen atoms in total. The highest BCUT2D eigenvalue weighted by Gasteiger charge is 2.17. The molecule has 0 aliphatic rings. The molecule has 0 unspecified atom stereocenters. The molecule has 4 aromatic rings. The Morgan fingerprint density at radius 3 is 2.47 bits per heavy atom. The van der Waals surface area contributed by atoms with Crippen LogP contribution in [0.1, 0.15) is 34.0 Å².